The van der Waals surface area contributed by atoms with Gasteiger partial charge >= 0.3 is 0 Å². The molecule has 7 heteroatoms. The van der Waals surface area contributed by atoms with Gasteiger partial charge in [0.2, 0.25) is 0 Å². The number of nitrogens with zero attached hydrogens (tertiary/aromatic N) is 4. The number of Topliss-reactive ketones (excluding diaryl/α,β-unsaturated/α-hetero) is 1. The largest absolute Gasteiger partial charge is 0.383 e. The minimum Gasteiger partial charge on any atom is -0.383 e. The highest BCUT2D eigenvalue weighted by Crippen LogP contribution is 2.08. The van der Waals surface area contributed by atoms with Gasteiger partial charge in [0.25, 0.3) is 0 Å². The Hall–Kier alpha value is -2.28. The predicted octanol–water partition coefficient (Wildman–Crippen LogP) is -0.474. The summed E-state index contributed by atoms with van der Waals surface area (Å²) in [5.41, 5.74) is 12.5. The predicted molar refractivity (Wildman–Crippen MR) is 65.3 cm³/mol. The number of nitrogen functional groups attached to an aromatic ring is 1. The molecule has 2 aromatic heterocycles. The number of hydrogen-bond donors (Lipinski definition) is 2. The highest BCUT2D eigenvalue weighted by atomic mass is 16.1. The van der Waals surface area contributed by atoms with E-state index in [2.05, 4.69) is 15.3 Å². The molecule has 7 nitrogen and oxygen atoms in total. The van der Waals surface area contributed by atoms with E-state index in [4.69, 9.17) is 11.5 Å². The van der Waals surface area contributed by atoms with Gasteiger partial charge < -0.3 is 11.5 Å². The van der Waals surface area contributed by atoms with Crippen molar-refractivity contribution in [1.82, 2.24) is 20.0 Å². The Morgan fingerprint density at radius 1 is 1.44 bits per heavy atom. The number of aromatic nitrogens is 4. The maximum atomic E-state index is 11.8. The molecule has 0 fully saturated rings. The maximum Gasteiger partial charge on any atom is 0.158 e. The molecule has 0 spiro atoms. The second-order valence-electron chi connectivity index (χ2n) is 3.87. The highest BCUT2D eigenvalue weighted by molar-refractivity contribution is 5.81. The second kappa shape index (κ2) is 5.37. The molecule has 2 rings (SSSR count). The molecular formula is C11H14N6O. The van der Waals surface area contributed by atoms with Crippen LogP contribution in [0.2, 0.25) is 0 Å². The van der Waals surface area contributed by atoms with Crippen LogP contribution in [0.5, 0.6) is 0 Å². The molecule has 94 valence electrons. The number of ketones is 1. The smallest absolute Gasteiger partial charge is 0.158 e. The van der Waals surface area contributed by atoms with E-state index in [1.807, 2.05) is 0 Å². The van der Waals surface area contributed by atoms with Crippen molar-refractivity contribution in [3.8, 4) is 0 Å². The maximum absolute atomic E-state index is 11.8. The van der Waals surface area contributed by atoms with Gasteiger partial charge in [0.15, 0.2) is 5.78 Å². The van der Waals surface area contributed by atoms with Gasteiger partial charge in [0.05, 0.1) is 11.9 Å². The number of carbonyl (C=O) groups is 1. The van der Waals surface area contributed by atoms with E-state index in [1.54, 1.807) is 24.5 Å². The first-order chi connectivity index (χ1) is 8.69. The lowest BCUT2D eigenvalue weighted by Gasteiger charge is -2.03. The van der Waals surface area contributed by atoms with Gasteiger partial charge in [-0.2, -0.15) is 0 Å². The summed E-state index contributed by atoms with van der Waals surface area (Å²) in [5.74, 6) is 0.371. The van der Waals surface area contributed by atoms with Gasteiger partial charge in [-0.3, -0.25) is 4.79 Å². The summed E-state index contributed by atoms with van der Waals surface area (Å²) in [6, 6.07) is 3.54. The Morgan fingerprint density at radius 3 is 2.94 bits per heavy atom. The number of hydrogen-bond acceptors (Lipinski definition) is 6. The van der Waals surface area contributed by atoms with Gasteiger partial charge in [-0.15, -0.1) is 5.10 Å². The molecule has 0 aliphatic rings. The molecule has 0 aromatic carbocycles. The van der Waals surface area contributed by atoms with Crippen LogP contribution in [0.4, 0.5) is 5.82 Å². The third-order valence-corrected chi connectivity index (χ3v) is 2.45. The van der Waals surface area contributed by atoms with Gasteiger partial charge in [0.1, 0.15) is 12.4 Å². The molecule has 0 bridgehead atoms. The highest BCUT2D eigenvalue weighted by Gasteiger charge is 2.09. The Morgan fingerprint density at radius 2 is 2.28 bits per heavy atom. The number of pyridine rings is 1. The molecule has 0 radical (unpaired) electrons. The second-order valence-corrected chi connectivity index (χ2v) is 3.87. The van der Waals surface area contributed by atoms with Crippen LogP contribution in [-0.2, 0) is 24.3 Å². The van der Waals surface area contributed by atoms with Crippen molar-refractivity contribution >= 4 is 11.6 Å². The fourth-order valence-electron chi connectivity index (χ4n) is 1.56. The van der Waals surface area contributed by atoms with Gasteiger partial charge in [0, 0.05) is 24.7 Å². The Labute approximate surface area is 104 Å². The molecule has 0 saturated carbocycles. The molecule has 4 N–H and O–H groups in total. The zero-order chi connectivity index (χ0) is 13.0. The van der Waals surface area contributed by atoms with E-state index < -0.39 is 0 Å². The zero-order valence-electron chi connectivity index (χ0n) is 9.78. The van der Waals surface area contributed by atoms with Crippen molar-refractivity contribution in [1.29, 1.82) is 0 Å². The number of nitrogens with two attached hydrogens (primary N) is 2. The molecule has 0 aliphatic carbocycles. The van der Waals surface area contributed by atoms with Gasteiger partial charge in [-0.1, -0.05) is 11.3 Å². The van der Waals surface area contributed by atoms with E-state index in [-0.39, 0.29) is 18.7 Å². The zero-order valence-corrected chi connectivity index (χ0v) is 9.78. The Kier molecular flexibility index (Phi) is 3.63. The first-order valence-electron chi connectivity index (χ1n) is 5.49. The topological polar surface area (TPSA) is 113 Å². The van der Waals surface area contributed by atoms with Crippen LogP contribution in [0, 0.1) is 0 Å². The molecule has 0 aliphatic heterocycles. The number of anilines is 1. The minimum absolute atomic E-state index is 0.0110. The van der Waals surface area contributed by atoms with E-state index in [0.29, 0.717) is 18.1 Å². The van der Waals surface area contributed by atoms with E-state index >= 15 is 0 Å². The quantitative estimate of drug-likeness (QED) is 0.737. The van der Waals surface area contributed by atoms with Crippen molar-refractivity contribution in [3.63, 3.8) is 0 Å². The lowest BCUT2D eigenvalue weighted by atomic mass is 10.1. The van der Waals surface area contributed by atoms with Crippen LogP contribution in [0.25, 0.3) is 0 Å². The Bertz CT molecular complexity index is 550. The van der Waals surface area contributed by atoms with Crippen molar-refractivity contribution in [3.05, 3.63) is 35.8 Å². The van der Waals surface area contributed by atoms with Crippen LogP contribution in [-0.4, -0.2) is 25.8 Å². The Balaban J connectivity index is 1.99. The average molecular weight is 246 g/mol. The monoisotopic (exact) mass is 246 g/mol. The molecule has 2 aromatic rings. The van der Waals surface area contributed by atoms with E-state index in [9.17, 15) is 4.79 Å². The van der Waals surface area contributed by atoms with Crippen LogP contribution in [0.1, 0.15) is 11.3 Å². The van der Waals surface area contributed by atoms with Gasteiger partial charge in [-0.05, 0) is 6.07 Å². The standard InChI is InChI=1S/C11H14N6O/c12-5-9-6-17(16-15-9)7-10(18)4-8-2-1-3-14-11(8)13/h1-3,6H,4-5,7,12H2,(H2,13,14). The molecule has 0 atom stereocenters. The van der Waals surface area contributed by atoms with Crippen LogP contribution >= 0.6 is 0 Å². The molecule has 2 heterocycles. The molecule has 18 heavy (non-hydrogen) atoms. The van der Waals surface area contributed by atoms with Crippen LogP contribution < -0.4 is 11.5 Å². The number of rotatable bonds is 5. The summed E-state index contributed by atoms with van der Waals surface area (Å²) in [6.45, 7) is 0.463. The fourth-order valence-corrected chi connectivity index (χ4v) is 1.56. The van der Waals surface area contributed by atoms with Gasteiger partial charge in [-0.25, -0.2) is 9.67 Å². The van der Waals surface area contributed by atoms with Crippen molar-refractivity contribution in [2.45, 2.75) is 19.5 Å². The van der Waals surface area contributed by atoms with Crippen molar-refractivity contribution < 1.29 is 4.79 Å². The van der Waals surface area contributed by atoms with E-state index in [1.165, 1.54) is 4.68 Å². The summed E-state index contributed by atoms with van der Waals surface area (Å²) in [4.78, 5) is 15.8. The van der Waals surface area contributed by atoms with E-state index in [0.717, 1.165) is 5.56 Å². The average Bonchev–Trinajstić information content (AvgIpc) is 2.80. The lowest BCUT2D eigenvalue weighted by Crippen LogP contribution is -2.14. The molecular weight excluding hydrogens is 232 g/mol. The molecule has 0 amide bonds. The molecule has 0 unspecified atom stereocenters. The van der Waals surface area contributed by atoms with Crippen LogP contribution in [0.3, 0.4) is 0 Å². The lowest BCUT2D eigenvalue weighted by molar-refractivity contribution is -0.119. The fraction of sp³-hybridized carbons (Fsp3) is 0.273. The summed E-state index contributed by atoms with van der Waals surface area (Å²) in [5, 5.41) is 7.62. The van der Waals surface area contributed by atoms with Crippen molar-refractivity contribution in [2.75, 3.05) is 5.73 Å². The normalized spacial score (nSPS) is 10.5. The first kappa shape index (κ1) is 12.2. The molecule has 0 saturated heterocycles. The summed E-state index contributed by atoms with van der Waals surface area (Å²) < 4.78 is 1.47. The van der Waals surface area contributed by atoms with Crippen LogP contribution in [0.15, 0.2) is 24.5 Å². The third-order valence-electron chi connectivity index (χ3n) is 2.45. The van der Waals surface area contributed by atoms with Crippen molar-refractivity contribution in [2.24, 2.45) is 5.73 Å². The first-order valence-corrected chi connectivity index (χ1v) is 5.49. The summed E-state index contributed by atoms with van der Waals surface area (Å²) in [7, 11) is 0. The summed E-state index contributed by atoms with van der Waals surface area (Å²) >= 11 is 0. The SMILES string of the molecule is NCc1cn(CC(=O)Cc2cccnc2N)nn1. The number of carbonyl (C=O) groups excluding carboxylic acids is 1. The summed E-state index contributed by atoms with van der Waals surface area (Å²) in [6.07, 6.45) is 3.48. The third kappa shape index (κ3) is 2.89. The minimum atomic E-state index is -0.0110.